The van der Waals surface area contributed by atoms with Gasteiger partial charge in [-0.05, 0) is 37.5 Å². The van der Waals surface area contributed by atoms with Gasteiger partial charge in [-0.1, -0.05) is 13.8 Å². The Morgan fingerprint density at radius 1 is 1.60 bits per heavy atom. The number of carbonyl (C=O) groups is 1. The molecule has 0 aromatic carbocycles. The third kappa shape index (κ3) is 3.11. The van der Waals surface area contributed by atoms with Crippen LogP contribution in [0, 0.1) is 11.8 Å². The van der Waals surface area contributed by atoms with Crippen LogP contribution in [0.2, 0.25) is 0 Å². The van der Waals surface area contributed by atoms with Gasteiger partial charge in [0, 0.05) is 5.75 Å². The van der Waals surface area contributed by atoms with Crippen LogP contribution in [0.25, 0.3) is 0 Å². The molecule has 1 rings (SSSR count). The summed E-state index contributed by atoms with van der Waals surface area (Å²) in [5.74, 6) is 1.98. The van der Waals surface area contributed by atoms with Crippen molar-refractivity contribution in [1.82, 2.24) is 5.32 Å². The van der Waals surface area contributed by atoms with E-state index < -0.39 is 11.5 Å². The van der Waals surface area contributed by atoms with E-state index in [9.17, 15) is 9.90 Å². The lowest BCUT2D eigenvalue weighted by Crippen LogP contribution is -2.54. The van der Waals surface area contributed by atoms with Crippen LogP contribution in [0.5, 0.6) is 0 Å². The molecule has 1 atom stereocenters. The number of hydrogen-bond acceptors (Lipinski definition) is 3. The molecule has 0 radical (unpaired) electrons. The maximum Gasteiger partial charge on any atom is 0.325 e. The average molecular weight is 231 g/mol. The van der Waals surface area contributed by atoms with Gasteiger partial charge >= 0.3 is 5.97 Å². The van der Waals surface area contributed by atoms with Gasteiger partial charge in [-0.15, -0.1) is 0 Å². The van der Waals surface area contributed by atoms with Crippen LogP contribution in [0.4, 0.5) is 0 Å². The molecular weight excluding hydrogens is 210 g/mol. The number of likely N-dealkylation sites (N-methyl/N-ethyl adjacent to an activating group) is 1. The van der Waals surface area contributed by atoms with E-state index in [1.54, 1.807) is 18.8 Å². The fourth-order valence-corrected chi connectivity index (χ4v) is 3.18. The summed E-state index contributed by atoms with van der Waals surface area (Å²) in [6, 6.07) is 0. The molecule has 1 aliphatic rings. The van der Waals surface area contributed by atoms with Crippen LogP contribution in [-0.4, -0.2) is 35.2 Å². The van der Waals surface area contributed by atoms with E-state index in [-0.39, 0.29) is 0 Å². The van der Waals surface area contributed by atoms with E-state index in [4.69, 9.17) is 0 Å². The molecule has 88 valence electrons. The second kappa shape index (κ2) is 5.21. The van der Waals surface area contributed by atoms with Gasteiger partial charge in [0.2, 0.25) is 0 Å². The molecule has 3 nitrogen and oxygen atoms in total. The van der Waals surface area contributed by atoms with Gasteiger partial charge in [-0.2, -0.15) is 11.8 Å². The fraction of sp³-hybridized carbons (Fsp3) is 0.909. The minimum absolute atomic E-state index is 0.333. The summed E-state index contributed by atoms with van der Waals surface area (Å²) in [6.45, 7) is 4.32. The summed E-state index contributed by atoms with van der Waals surface area (Å²) < 4.78 is 0. The van der Waals surface area contributed by atoms with E-state index in [1.807, 2.05) is 0 Å². The lowest BCUT2D eigenvalue weighted by Gasteiger charge is -2.29. The molecule has 0 heterocycles. The highest BCUT2D eigenvalue weighted by molar-refractivity contribution is 7.99. The molecule has 4 heteroatoms. The van der Waals surface area contributed by atoms with Crippen molar-refractivity contribution in [2.24, 2.45) is 11.8 Å². The van der Waals surface area contributed by atoms with Crippen LogP contribution < -0.4 is 5.32 Å². The molecule has 15 heavy (non-hydrogen) atoms. The molecule has 1 aliphatic carbocycles. The normalized spacial score (nSPS) is 20.3. The highest BCUT2D eigenvalue weighted by Crippen LogP contribution is 2.41. The molecule has 1 fully saturated rings. The molecule has 0 aliphatic heterocycles. The predicted octanol–water partition coefficient (Wildman–Crippen LogP) is 1.83. The lowest BCUT2D eigenvalue weighted by molar-refractivity contribution is -0.144. The van der Waals surface area contributed by atoms with Crippen LogP contribution in [0.3, 0.4) is 0 Å². The summed E-state index contributed by atoms with van der Waals surface area (Å²) in [5, 5.41) is 12.4. The van der Waals surface area contributed by atoms with Crippen LogP contribution in [0.15, 0.2) is 0 Å². The first-order valence-corrected chi connectivity index (χ1v) is 6.68. The van der Waals surface area contributed by atoms with Gasteiger partial charge in [-0.3, -0.25) is 4.79 Å². The van der Waals surface area contributed by atoms with Crippen LogP contribution in [-0.2, 0) is 4.79 Å². The number of thioether (sulfide) groups is 1. The highest BCUT2D eigenvalue weighted by Gasteiger charge is 2.49. The first-order valence-electron chi connectivity index (χ1n) is 5.53. The Labute approximate surface area is 96.0 Å². The Bertz CT molecular complexity index is 229. The summed E-state index contributed by atoms with van der Waals surface area (Å²) in [5.41, 5.74) is -0.681. The van der Waals surface area contributed by atoms with Crippen molar-refractivity contribution in [3.8, 4) is 0 Å². The predicted molar refractivity (Wildman–Crippen MR) is 64.3 cm³/mol. The quantitative estimate of drug-likeness (QED) is 0.702. The molecule has 2 N–H and O–H groups in total. The fourth-order valence-electron chi connectivity index (χ4n) is 1.77. The monoisotopic (exact) mass is 231 g/mol. The maximum atomic E-state index is 11.3. The Balaban J connectivity index is 2.52. The molecule has 1 saturated carbocycles. The SMILES string of the molecule is CNC(CSCC(C)C)(C(=O)O)C1CC1. The minimum atomic E-state index is -0.691. The zero-order valence-electron chi connectivity index (χ0n) is 9.75. The van der Waals surface area contributed by atoms with Gasteiger partial charge < -0.3 is 10.4 Å². The van der Waals surface area contributed by atoms with Crippen molar-refractivity contribution in [2.75, 3.05) is 18.6 Å². The lowest BCUT2D eigenvalue weighted by atomic mass is 9.96. The zero-order chi connectivity index (χ0) is 11.5. The summed E-state index contributed by atoms with van der Waals surface area (Å²) >= 11 is 1.75. The minimum Gasteiger partial charge on any atom is -0.480 e. The van der Waals surface area contributed by atoms with Crippen molar-refractivity contribution in [3.05, 3.63) is 0 Å². The first kappa shape index (κ1) is 12.8. The number of rotatable bonds is 7. The van der Waals surface area contributed by atoms with Crippen LogP contribution >= 0.6 is 11.8 Å². The van der Waals surface area contributed by atoms with E-state index in [2.05, 4.69) is 19.2 Å². The van der Waals surface area contributed by atoms with E-state index in [1.165, 1.54) is 0 Å². The average Bonchev–Trinajstić information content (AvgIpc) is 2.95. The molecular formula is C11H21NO2S. The second-order valence-electron chi connectivity index (χ2n) is 4.71. The van der Waals surface area contributed by atoms with E-state index in [0.717, 1.165) is 18.6 Å². The number of carboxylic acid groups (broad SMARTS) is 1. The number of nitrogens with one attached hydrogen (secondary N) is 1. The molecule has 0 amide bonds. The third-order valence-corrected chi connectivity index (χ3v) is 4.44. The molecule has 1 unspecified atom stereocenters. The number of carboxylic acids is 1. The van der Waals surface area contributed by atoms with Crippen LogP contribution in [0.1, 0.15) is 26.7 Å². The van der Waals surface area contributed by atoms with Gasteiger partial charge in [0.25, 0.3) is 0 Å². The Morgan fingerprint density at radius 3 is 2.53 bits per heavy atom. The van der Waals surface area contributed by atoms with Crippen molar-refractivity contribution in [3.63, 3.8) is 0 Å². The summed E-state index contributed by atoms with van der Waals surface area (Å²) in [4.78, 5) is 11.3. The Kier molecular flexibility index (Phi) is 4.46. The number of hydrogen-bond donors (Lipinski definition) is 2. The standard InChI is InChI=1S/C11H21NO2S/c1-8(2)6-15-7-11(12-3,10(13)14)9-4-5-9/h8-9,12H,4-7H2,1-3H3,(H,13,14). The van der Waals surface area contributed by atoms with E-state index in [0.29, 0.717) is 17.6 Å². The topological polar surface area (TPSA) is 49.3 Å². The first-order chi connectivity index (χ1) is 7.03. The molecule has 0 spiro atoms. The zero-order valence-corrected chi connectivity index (χ0v) is 10.6. The number of aliphatic carboxylic acids is 1. The van der Waals surface area contributed by atoms with Gasteiger partial charge in [0.15, 0.2) is 0 Å². The van der Waals surface area contributed by atoms with Crippen molar-refractivity contribution in [1.29, 1.82) is 0 Å². The molecule has 0 aromatic rings. The second-order valence-corrected chi connectivity index (χ2v) is 5.74. The van der Waals surface area contributed by atoms with Gasteiger partial charge in [0.1, 0.15) is 5.54 Å². The maximum absolute atomic E-state index is 11.3. The summed E-state index contributed by atoms with van der Waals surface area (Å²) in [6.07, 6.45) is 2.10. The smallest absolute Gasteiger partial charge is 0.325 e. The molecule has 0 saturated heterocycles. The van der Waals surface area contributed by atoms with Gasteiger partial charge in [0.05, 0.1) is 0 Å². The van der Waals surface area contributed by atoms with Gasteiger partial charge in [-0.25, -0.2) is 0 Å². The van der Waals surface area contributed by atoms with Crippen molar-refractivity contribution in [2.45, 2.75) is 32.2 Å². The molecule has 0 bridgehead atoms. The van der Waals surface area contributed by atoms with Crippen molar-refractivity contribution >= 4 is 17.7 Å². The van der Waals surface area contributed by atoms with E-state index >= 15 is 0 Å². The largest absolute Gasteiger partial charge is 0.480 e. The summed E-state index contributed by atoms with van der Waals surface area (Å²) in [7, 11) is 1.77. The third-order valence-electron chi connectivity index (χ3n) is 2.88. The Hall–Kier alpha value is -0.220. The highest BCUT2D eigenvalue weighted by atomic mass is 32.2. The molecule has 0 aromatic heterocycles. The Morgan fingerprint density at radius 2 is 2.20 bits per heavy atom. The van der Waals surface area contributed by atoms with Crippen molar-refractivity contribution < 1.29 is 9.90 Å².